The van der Waals surface area contributed by atoms with Gasteiger partial charge in [-0.05, 0) is 12.1 Å². The summed E-state index contributed by atoms with van der Waals surface area (Å²) in [5, 5.41) is 0. The molecule has 0 aliphatic heterocycles. The molecule has 0 atom stereocenters. The fraction of sp³-hybridized carbons (Fsp3) is 0.188. The van der Waals surface area contributed by atoms with Crippen molar-refractivity contribution in [1.29, 1.82) is 0 Å². The first-order valence-electron chi connectivity index (χ1n) is 6.29. The second kappa shape index (κ2) is 7.13. The maximum Gasteiger partial charge on any atom is 0.197 e. The number of ether oxygens (including phenoxy) is 2. The molecule has 110 valence electrons. The lowest BCUT2D eigenvalue weighted by molar-refractivity contribution is 0.102. The summed E-state index contributed by atoms with van der Waals surface area (Å²) in [4.78, 5) is 12.4. The maximum atomic E-state index is 14.2. The van der Waals surface area contributed by atoms with E-state index in [0.29, 0.717) is 16.2 Å². The van der Waals surface area contributed by atoms with Crippen molar-refractivity contribution in [3.05, 3.63) is 53.8 Å². The van der Waals surface area contributed by atoms with E-state index < -0.39 is 5.82 Å². The van der Waals surface area contributed by atoms with Crippen LogP contribution in [0.3, 0.4) is 0 Å². The van der Waals surface area contributed by atoms with Gasteiger partial charge in [0.15, 0.2) is 23.1 Å². The van der Waals surface area contributed by atoms with Crippen LogP contribution in [0.25, 0.3) is 0 Å². The molecule has 0 fully saturated rings. The van der Waals surface area contributed by atoms with Crippen molar-refractivity contribution >= 4 is 17.5 Å². The van der Waals surface area contributed by atoms with Crippen LogP contribution in [0, 0.1) is 5.82 Å². The topological polar surface area (TPSA) is 35.5 Å². The number of thioether (sulfide) groups is 1. The van der Waals surface area contributed by atoms with Gasteiger partial charge in [0.1, 0.15) is 0 Å². The number of halogens is 1. The van der Waals surface area contributed by atoms with Gasteiger partial charge in [0.2, 0.25) is 0 Å². The second-order valence-electron chi connectivity index (χ2n) is 4.19. The highest BCUT2D eigenvalue weighted by Crippen LogP contribution is 2.36. The Morgan fingerprint density at radius 3 is 2.43 bits per heavy atom. The van der Waals surface area contributed by atoms with Crippen molar-refractivity contribution in [3.63, 3.8) is 0 Å². The fourth-order valence-corrected chi connectivity index (χ4v) is 2.67. The van der Waals surface area contributed by atoms with Crippen LogP contribution in [0.4, 0.5) is 4.39 Å². The summed E-state index contributed by atoms with van der Waals surface area (Å²) in [6.45, 7) is 0. The molecule has 0 aliphatic carbocycles. The summed E-state index contributed by atoms with van der Waals surface area (Å²) in [7, 11) is 2.83. The Morgan fingerprint density at radius 1 is 1.10 bits per heavy atom. The normalized spacial score (nSPS) is 10.2. The molecule has 0 spiro atoms. The third-order valence-electron chi connectivity index (χ3n) is 2.90. The van der Waals surface area contributed by atoms with Gasteiger partial charge in [-0.3, -0.25) is 4.79 Å². The van der Waals surface area contributed by atoms with Gasteiger partial charge in [-0.1, -0.05) is 30.3 Å². The van der Waals surface area contributed by atoms with Gasteiger partial charge in [0, 0.05) is 10.5 Å². The van der Waals surface area contributed by atoms with Crippen molar-refractivity contribution < 1.29 is 18.7 Å². The Hall–Kier alpha value is -2.01. The average Bonchev–Trinajstić information content (AvgIpc) is 2.53. The molecular weight excluding hydrogens is 291 g/mol. The van der Waals surface area contributed by atoms with E-state index in [-0.39, 0.29) is 17.3 Å². The molecule has 0 N–H and O–H groups in total. The molecule has 21 heavy (non-hydrogen) atoms. The molecule has 2 aromatic rings. The van der Waals surface area contributed by atoms with Crippen LogP contribution in [0.2, 0.25) is 0 Å². The minimum absolute atomic E-state index is 0.0465. The number of benzene rings is 2. The van der Waals surface area contributed by atoms with Crippen LogP contribution in [-0.2, 0) is 0 Å². The first-order valence-corrected chi connectivity index (χ1v) is 7.27. The van der Waals surface area contributed by atoms with Crippen LogP contribution in [0.1, 0.15) is 10.4 Å². The van der Waals surface area contributed by atoms with Crippen molar-refractivity contribution in [2.24, 2.45) is 0 Å². The fourth-order valence-electron chi connectivity index (χ4n) is 1.83. The standard InChI is InChI=1S/C16H15FO3S/c1-19-13-8-9-14(15(17)16(13)20-2)21-10-12(18)11-6-4-3-5-7-11/h3-9H,10H2,1-2H3. The van der Waals surface area contributed by atoms with Crippen LogP contribution < -0.4 is 9.47 Å². The van der Waals surface area contributed by atoms with Crippen molar-refractivity contribution in [3.8, 4) is 11.5 Å². The summed E-state index contributed by atoms with van der Waals surface area (Å²) >= 11 is 1.14. The van der Waals surface area contributed by atoms with Crippen LogP contribution in [0.15, 0.2) is 47.4 Å². The number of ketones is 1. The number of methoxy groups -OCH3 is 2. The summed E-state index contributed by atoms with van der Waals surface area (Å²) in [5.41, 5.74) is 0.617. The number of hydrogen-bond acceptors (Lipinski definition) is 4. The quantitative estimate of drug-likeness (QED) is 0.600. The van der Waals surface area contributed by atoms with E-state index in [1.807, 2.05) is 6.07 Å². The molecule has 0 bridgehead atoms. The summed E-state index contributed by atoms with van der Waals surface area (Å²) in [6.07, 6.45) is 0. The molecule has 5 heteroatoms. The first-order chi connectivity index (χ1) is 10.2. The Balaban J connectivity index is 2.12. The van der Waals surface area contributed by atoms with Gasteiger partial charge in [-0.2, -0.15) is 0 Å². The highest BCUT2D eigenvalue weighted by molar-refractivity contribution is 8.00. The minimum atomic E-state index is -0.511. The number of carbonyl (C=O) groups is 1. The Kier molecular flexibility index (Phi) is 5.22. The van der Waals surface area contributed by atoms with Gasteiger partial charge in [-0.25, -0.2) is 4.39 Å². The summed E-state index contributed by atoms with van der Waals surface area (Å²) in [6, 6.07) is 12.1. The molecule has 2 rings (SSSR count). The molecule has 0 aromatic heterocycles. The van der Waals surface area contributed by atoms with Crippen LogP contribution in [0.5, 0.6) is 11.5 Å². The second-order valence-corrected chi connectivity index (χ2v) is 5.21. The molecule has 0 amide bonds. The van der Waals surface area contributed by atoms with Gasteiger partial charge in [0.05, 0.1) is 20.0 Å². The van der Waals surface area contributed by atoms with Crippen molar-refractivity contribution in [2.45, 2.75) is 4.90 Å². The third-order valence-corrected chi connectivity index (χ3v) is 3.94. The van der Waals surface area contributed by atoms with Gasteiger partial charge in [-0.15, -0.1) is 11.8 Å². The largest absolute Gasteiger partial charge is 0.493 e. The van der Waals surface area contributed by atoms with E-state index in [1.54, 1.807) is 36.4 Å². The average molecular weight is 306 g/mol. The van der Waals surface area contributed by atoms with E-state index in [4.69, 9.17) is 9.47 Å². The van der Waals surface area contributed by atoms with Gasteiger partial charge in [0.25, 0.3) is 0 Å². The molecule has 0 radical (unpaired) electrons. The summed E-state index contributed by atoms with van der Waals surface area (Å²) in [5.74, 6) is -0.0166. The van der Waals surface area contributed by atoms with Crippen molar-refractivity contribution in [2.75, 3.05) is 20.0 Å². The maximum absolute atomic E-state index is 14.2. The number of hydrogen-bond donors (Lipinski definition) is 0. The van der Waals surface area contributed by atoms with Crippen molar-refractivity contribution in [1.82, 2.24) is 0 Å². The molecule has 0 saturated heterocycles. The third kappa shape index (κ3) is 3.55. The number of carbonyl (C=O) groups excluding carboxylic acids is 1. The smallest absolute Gasteiger partial charge is 0.197 e. The lowest BCUT2D eigenvalue weighted by Gasteiger charge is -2.11. The zero-order valence-corrected chi connectivity index (χ0v) is 12.6. The molecule has 0 aliphatic rings. The highest BCUT2D eigenvalue weighted by Gasteiger charge is 2.16. The first kappa shape index (κ1) is 15.4. The predicted molar refractivity (Wildman–Crippen MR) is 81.0 cm³/mol. The van der Waals surface area contributed by atoms with E-state index in [1.165, 1.54) is 14.2 Å². The molecule has 0 saturated carbocycles. The zero-order chi connectivity index (χ0) is 15.2. The SMILES string of the molecule is COc1ccc(SCC(=O)c2ccccc2)c(F)c1OC. The van der Waals surface area contributed by atoms with Gasteiger partial charge >= 0.3 is 0 Å². The van der Waals surface area contributed by atoms with E-state index in [2.05, 4.69) is 0 Å². The zero-order valence-electron chi connectivity index (χ0n) is 11.8. The molecule has 0 heterocycles. The molecule has 2 aromatic carbocycles. The van der Waals surface area contributed by atoms with Crippen LogP contribution in [-0.4, -0.2) is 25.8 Å². The minimum Gasteiger partial charge on any atom is -0.493 e. The number of rotatable bonds is 6. The highest BCUT2D eigenvalue weighted by atomic mass is 32.2. The number of Topliss-reactive ketones (excluding diaryl/α,β-unsaturated/α-hetero) is 1. The molecular formula is C16H15FO3S. The molecule has 0 unspecified atom stereocenters. The Morgan fingerprint density at radius 2 is 1.81 bits per heavy atom. The van der Waals surface area contributed by atoms with E-state index >= 15 is 0 Å². The predicted octanol–water partition coefficient (Wildman–Crippen LogP) is 3.82. The Bertz CT molecular complexity index is 629. The monoisotopic (exact) mass is 306 g/mol. The molecule has 3 nitrogen and oxygen atoms in total. The van der Waals surface area contributed by atoms with E-state index in [9.17, 15) is 9.18 Å². The Labute approximate surface area is 127 Å². The lowest BCUT2D eigenvalue weighted by atomic mass is 10.2. The van der Waals surface area contributed by atoms with Gasteiger partial charge < -0.3 is 9.47 Å². The van der Waals surface area contributed by atoms with Crippen LogP contribution >= 0.6 is 11.8 Å². The van der Waals surface area contributed by atoms with E-state index in [0.717, 1.165) is 11.8 Å². The lowest BCUT2D eigenvalue weighted by Crippen LogP contribution is -2.02. The summed E-state index contributed by atoms with van der Waals surface area (Å²) < 4.78 is 24.3.